The van der Waals surface area contributed by atoms with E-state index < -0.39 is 11.9 Å². The average molecular weight is 564 g/mol. The molecule has 0 saturated carbocycles. The number of para-hydroxylation sites is 1. The van der Waals surface area contributed by atoms with E-state index in [2.05, 4.69) is 26.5 Å². The molecule has 0 aromatic heterocycles. The van der Waals surface area contributed by atoms with Crippen LogP contribution >= 0.6 is 27.5 Å². The van der Waals surface area contributed by atoms with Gasteiger partial charge in [0.1, 0.15) is 18.1 Å². The van der Waals surface area contributed by atoms with Gasteiger partial charge in [0, 0.05) is 9.50 Å². The number of nitrogens with zero attached hydrogens (tertiary/aromatic N) is 1. The van der Waals surface area contributed by atoms with Crippen molar-refractivity contribution in [2.75, 3.05) is 0 Å². The van der Waals surface area contributed by atoms with Gasteiger partial charge in [0.15, 0.2) is 0 Å². The van der Waals surface area contributed by atoms with Crippen molar-refractivity contribution in [2.24, 2.45) is 5.10 Å². The molecule has 0 atom stereocenters. The standard InChI is InChI=1S/C28H20BrClN2O4/c29-25-7-3-1-5-23(25)28(34)36-22-15-11-19(12-16-22)17-31-32-27(33)24-6-2-4-8-26(24)35-18-20-9-13-21(30)14-10-20/h1-17H,18H2,(H,32,33). The fourth-order valence-electron chi connectivity index (χ4n) is 3.16. The molecule has 0 saturated heterocycles. The predicted molar refractivity (Wildman–Crippen MR) is 143 cm³/mol. The summed E-state index contributed by atoms with van der Waals surface area (Å²) < 4.78 is 11.9. The highest BCUT2D eigenvalue weighted by Gasteiger charge is 2.13. The number of halogens is 2. The van der Waals surface area contributed by atoms with E-state index in [-0.39, 0.29) is 0 Å². The molecule has 0 spiro atoms. The molecule has 6 nitrogen and oxygen atoms in total. The van der Waals surface area contributed by atoms with E-state index in [0.29, 0.717) is 44.3 Å². The lowest BCUT2D eigenvalue weighted by Crippen LogP contribution is -2.18. The van der Waals surface area contributed by atoms with Crippen molar-refractivity contribution in [2.45, 2.75) is 6.61 Å². The maximum atomic E-state index is 12.7. The zero-order valence-electron chi connectivity index (χ0n) is 18.9. The smallest absolute Gasteiger partial charge is 0.344 e. The van der Waals surface area contributed by atoms with Crippen LogP contribution in [0.4, 0.5) is 0 Å². The number of esters is 1. The minimum Gasteiger partial charge on any atom is -0.488 e. The predicted octanol–water partition coefficient (Wildman–Crippen LogP) is 6.66. The van der Waals surface area contributed by atoms with Gasteiger partial charge in [-0.2, -0.15) is 5.10 Å². The molecule has 36 heavy (non-hydrogen) atoms. The van der Waals surface area contributed by atoms with Crippen molar-refractivity contribution >= 4 is 45.6 Å². The van der Waals surface area contributed by atoms with Crippen molar-refractivity contribution in [3.8, 4) is 11.5 Å². The second-order valence-corrected chi connectivity index (χ2v) is 8.84. The number of hydrogen-bond donors (Lipinski definition) is 1. The lowest BCUT2D eigenvalue weighted by atomic mass is 10.2. The highest BCUT2D eigenvalue weighted by Crippen LogP contribution is 2.21. The maximum absolute atomic E-state index is 12.7. The molecule has 0 aliphatic rings. The molecule has 0 heterocycles. The molecule has 4 aromatic carbocycles. The monoisotopic (exact) mass is 562 g/mol. The topological polar surface area (TPSA) is 77.0 Å². The third kappa shape index (κ3) is 6.81. The van der Waals surface area contributed by atoms with Gasteiger partial charge in [-0.1, -0.05) is 48.0 Å². The summed E-state index contributed by atoms with van der Waals surface area (Å²) in [6.45, 7) is 0.295. The van der Waals surface area contributed by atoms with Crippen LogP contribution in [0.2, 0.25) is 5.02 Å². The van der Waals surface area contributed by atoms with Crippen LogP contribution in [0.25, 0.3) is 0 Å². The number of carbonyl (C=O) groups excluding carboxylic acids is 2. The number of benzene rings is 4. The zero-order valence-corrected chi connectivity index (χ0v) is 21.2. The quantitative estimate of drug-likeness (QED) is 0.112. The summed E-state index contributed by atoms with van der Waals surface area (Å²) in [6.07, 6.45) is 1.49. The van der Waals surface area contributed by atoms with Gasteiger partial charge in [-0.05, 0) is 87.7 Å². The van der Waals surface area contributed by atoms with Gasteiger partial charge in [-0.3, -0.25) is 4.79 Å². The first kappa shape index (κ1) is 25.2. The summed E-state index contributed by atoms with van der Waals surface area (Å²) in [6, 6.07) is 28.0. The molecule has 1 amide bonds. The van der Waals surface area contributed by atoms with Crippen LogP contribution < -0.4 is 14.9 Å². The van der Waals surface area contributed by atoms with Crippen LogP contribution in [0.15, 0.2) is 107 Å². The molecule has 1 N–H and O–H groups in total. The zero-order chi connectivity index (χ0) is 25.3. The van der Waals surface area contributed by atoms with Crippen LogP contribution in [0.1, 0.15) is 31.8 Å². The third-order valence-electron chi connectivity index (χ3n) is 5.00. The van der Waals surface area contributed by atoms with Crippen LogP contribution in [-0.2, 0) is 6.61 Å². The normalized spacial score (nSPS) is 10.7. The first-order chi connectivity index (χ1) is 17.5. The lowest BCUT2D eigenvalue weighted by molar-refractivity contribution is 0.0733. The van der Waals surface area contributed by atoms with Gasteiger partial charge in [-0.15, -0.1) is 0 Å². The van der Waals surface area contributed by atoms with Crippen LogP contribution in [0.3, 0.4) is 0 Å². The maximum Gasteiger partial charge on any atom is 0.344 e. The van der Waals surface area contributed by atoms with E-state index in [1.807, 2.05) is 18.2 Å². The minimum absolute atomic E-state index is 0.295. The van der Waals surface area contributed by atoms with Gasteiger partial charge in [0.05, 0.1) is 17.3 Å². The summed E-state index contributed by atoms with van der Waals surface area (Å²) in [5.74, 6) is -0.0369. The van der Waals surface area contributed by atoms with E-state index >= 15 is 0 Å². The Balaban J connectivity index is 1.33. The van der Waals surface area contributed by atoms with Crippen molar-refractivity contribution in [3.05, 3.63) is 129 Å². The number of hydrogen-bond acceptors (Lipinski definition) is 5. The number of rotatable bonds is 8. The molecule has 0 aliphatic carbocycles. The molecule has 0 bridgehead atoms. The third-order valence-corrected chi connectivity index (χ3v) is 5.95. The van der Waals surface area contributed by atoms with Gasteiger partial charge >= 0.3 is 5.97 Å². The van der Waals surface area contributed by atoms with E-state index in [1.54, 1.807) is 78.9 Å². The number of carbonyl (C=O) groups is 2. The Morgan fingerprint density at radius 3 is 2.25 bits per heavy atom. The van der Waals surface area contributed by atoms with Gasteiger partial charge in [0.25, 0.3) is 5.91 Å². The molecule has 4 rings (SSSR count). The average Bonchev–Trinajstić information content (AvgIpc) is 2.89. The van der Waals surface area contributed by atoms with Crippen molar-refractivity contribution in [3.63, 3.8) is 0 Å². The number of amides is 1. The van der Waals surface area contributed by atoms with E-state index in [4.69, 9.17) is 21.1 Å². The Hall–Kier alpha value is -3.94. The largest absolute Gasteiger partial charge is 0.488 e. The molecule has 0 aliphatic heterocycles. The molecular weight excluding hydrogens is 544 g/mol. The highest BCUT2D eigenvalue weighted by molar-refractivity contribution is 9.10. The number of nitrogens with one attached hydrogen (secondary N) is 1. The highest BCUT2D eigenvalue weighted by atomic mass is 79.9. The second-order valence-electron chi connectivity index (χ2n) is 7.55. The first-order valence-corrected chi connectivity index (χ1v) is 12.0. The SMILES string of the molecule is O=C(Oc1ccc(C=NNC(=O)c2ccccc2OCc2ccc(Cl)cc2)cc1)c1ccccc1Br. The van der Waals surface area contributed by atoms with Crippen molar-refractivity contribution in [1.29, 1.82) is 0 Å². The molecule has 0 unspecified atom stereocenters. The Kier molecular flexibility index (Phi) is 8.49. The van der Waals surface area contributed by atoms with Crippen molar-refractivity contribution in [1.82, 2.24) is 5.43 Å². The molecule has 0 radical (unpaired) electrons. The Bertz CT molecular complexity index is 1390. The fourth-order valence-corrected chi connectivity index (χ4v) is 3.73. The summed E-state index contributed by atoms with van der Waals surface area (Å²) in [5.41, 5.74) is 4.94. The summed E-state index contributed by atoms with van der Waals surface area (Å²) in [7, 11) is 0. The van der Waals surface area contributed by atoms with E-state index in [1.165, 1.54) is 6.21 Å². The molecule has 8 heteroatoms. The molecule has 0 fully saturated rings. The summed E-state index contributed by atoms with van der Waals surface area (Å²) in [4.78, 5) is 25.0. The summed E-state index contributed by atoms with van der Waals surface area (Å²) >= 11 is 9.26. The Labute approximate surface area is 221 Å². The second kappa shape index (κ2) is 12.2. The van der Waals surface area contributed by atoms with Gasteiger partial charge < -0.3 is 9.47 Å². The summed E-state index contributed by atoms with van der Waals surface area (Å²) in [5, 5.41) is 4.67. The van der Waals surface area contributed by atoms with Crippen LogP contribution in [-0.4, -0.2) is 18.1 Å². The molecular formula is C28H20BrClN2O4. The number of hydrazone groups is 1. The van der Waals surface area contributed by atoms with E-state index in [0.717, 1.165) is 5.56 Å². The fraction of sp³-hybridized carbons (Fsp3) is 0.0357. The first-order valence-electron chi connectivity index (χ1n) is 10.9. The van der Waals surface area contributed by atoms with Crippen LogP contribution in [0.5, 0.6) is 11.5 Å². The van der Waals surface area contributed by atoms with Gasteiger partial charge in [0.2, 0.25) is 0 Å². The van der Waals surface area contributed by atoms with Gasteiger partial charge in [-0.25, -0.2) is 10.2 Å². The van der Waals surface area contributed by atoms with Crippen LogP contribution in [0, 0.1) is 0 Å². The number of ether oxygens (including phenoxy) is 2. The Morgan fingerprint density at radius 1 is 0.861 bits per heavy atom. The Morgan fingerprint density at radius 2 is 1.53 bits per heavy atom. The lowest BCUT2D eigenvalue weighted by Gasteiger charge is -2.10. The van der Waals surface area contributed by atoms with E-state index in [9.17, 15) is 9.59 Å². The molecule has 180 valence electrons. The van der Waals surface area contributed by atoms with Crippen molar-refractivity contribution < 1.29 is 19.1 Å². The molecule has 4 aromatic rings. The minimum atomic E-state index is -0.465.